The Kier molecular flexibility index (Phi) is 6.39. The molecule has 2 aromatic rings. The Hall–Kier alpha value is -2.38. The summed E-state index contributed by atoms with van der Waals surface area (Å²) in [6, 6.07) is 12.2. The number of sulfonamides is 1. The molecule has 0 saturated carbocycles. The van der Waals surface area contributed by atoms with Crippen LogP contribution in [0.3, 0.4) is 0 Å². The number of hydrogen-bond acceptors (Lipinski definition) is 4. The Bertz CT molecular complexity index is 875. The first-order valence-electron chi connectivity index (χ1n) is 8.27. The topological polar surface area (TPSA) is 98.5 Å². The lowest BCUT2D eigenvalue weighted by molar-refractivity contribution is -0.115. The summed E-state index contributed by atoms with van der Waals surface area (Å²) < 4.78 is 28.3. The van der Waals surface area contributed by atoms with Gasteiger partial charge in [0.1, 0.15) is 10.6 Å². The molecule has 140 valence electrons. The Morgan fingerprint density at radius 3 is 2.27 bits per heavy atom. The zero-order chi connectivity index (χ0) is 19.3. The van der Waals surface area contributed by atoms with Gasteiger partial charge in [-0.3, -0.25) is 4.79 Å². The Morgan fingerprint density at radius 2 is 1.73 bits per heavy atom. The number of methoxy groups -OCH3 is 1. The van der Waals surface area contributed by atoms with Crippen LogP contribution in [0.15, 0.2) is 47.4 Å². The summed E-state index contributed by atoms with van der Waals surface area (Å²) in [5, 5.41) is 7.87. The molecule has 0 aliphatic rings. The van der Waals surface area contributed by atoms with Crippen molar-refractivity contribution < 1.29 is 17.9 Å². The van der Waals surface area contributed by atoms with Crippen molar-refractivity contribution >= 4 is 21.6 Å². The van der Waals surface area contributed by atoms with Gasteiger partial charge in [-0.05, 0) is 41.7 Å². The molecular weight excluding hydrogens is 352 g/mol. The molecular formula is C19H24N2O4S. The second-order valence-electron chi connectivity index (χ2n) is 6.55. The maximum Gasteiger partial charge on any atom is 0.241 e. The van der Waals surface area contributed by atoms with Crippen LogP contribution in [0.1, 0.15) is 25.0 Å². The van der Waals surface area contributed by atoms with Crippen LogP contribution < -0.4 is 15.2 Å². The predicted molar refractivity (Wildman–Crippen MR) is 102 cm³/mol. The fourth-order valence-electron chi connectivity index (χ4n) is 2.63. The normalized spacial score (nSPS) is 11.4. The number of nitrogens with one attached hydrogen (secondary N) is 1. The third kappa shape index (κ3) is 5.57. The molecule has 0 aliphatic carbocycles. The molecule has 0 unspecified atom stereocenters. The fraction of sp³-hybridized carbons (Fsp3) is 0.316. The lowest BCUT2D eigenvalue weighted by Gasteiger charge is -2.11. The lowest BCUT2D eigenvalue weighted by Crippen LogP contribution is -2.17. The minimum Gasteiger partial charge on any atom is -0.495 e. The maximum atomic E-state index is 12.2. The van der Waals surface area contributed by atoms with E-state index in [2.05, 4.69) is 19.2 Å². The monoisotopic (exact) mass is 376 g/mol. The number of ether oxygens (including phenoxy) is 1. The van der Waals surface area contributed by atoms with Gasteiger partial charge >= 0.3 is 0 Å². The average molecular weight is 376 g/mol. The molecule has 0 heterocycles. The van der Waals surface area contributed by atoms with E-state index in [0.29, 0.717) is 11.6 Å². The van der Waals surface area contributed by atoms with Crippen molar-refractivity contribution in [2.75, 3.05) is 12.4 Å². The van der Waals surface area contributed by atoms with Gasteiger partial charge in [0.05, 0.1) is 13.5 Å². The standard InChI is InChI=1S/C19H24N2O4S/c1-13(2)10-14-4-6-15(7-5-14)11-19(22)21-16-8-9-17(25-3)18(12-16)26(20,23)24/h4-9,12-13H,10-11H2,1-3H3,(H,21,22)(H2,20,23,24). The molecule has 3 N–H and O–H groups in total. The number of rotatable bonds is 7. The molecule has 0 radical (unpaired) electrons. The van der Waals surface area contributed by atoms with E-state index in [1.165, 1.54) is 24.8 Å². The number of nitrogens with two attached hydrogens (primary N) is 1. The van der Waals surface area contributed by atoms with Gasteiger partial charge in [-0.2, -0.15) is 0 Å². The van der Waals surface area contributed by atoms with E-state index in [-0.39, 0.29) is 23.0 Å². The minimum atomic E-state index is -3.95. The number of benzene rings is 2. The van der Waals surface area contributed by atoms with Gasteiger partial charge in [-0.15, -0.1) is 0 Å². The Morgan fingerprint density at radius 1 is 1.12 bits per heavy atom. The van der Waals surface area contributed by atoms with Gasteiger partial charge in [0.15, 0.2) is 0 Å². The first kappa shape index (κ1) is 19.9. The molecule has 6 nitrogen and oxygen atoms in total. The molecule has 2 rings (SSSR count). The molecule has 0 aromatic heterocycles. The van der Waals surface area contributed by atoms with E-state index < -0.39 is 10.0 Å². The Labute approximate surface area is 154 Å². The third-order valence-corrected chi connectivity index (χ3v) is 4.72. The lowest BCUT2D eigenvalue weighted by atomic mass is 10.0. The molecule has 7 heteroatoms. The van der Waals surface area contributed by atoms with Crippen LogP contribution in [0.25, 0.3) is 0 Å². The van der Waals surface area contributed by atoms with Crippen molar-refractivity contribution in [3.05, 3.63) is 53.6 Å². The van der Waals surface area contributed by atoms with Crippen molar-refractivity contribution in [2.45, 2.75) is 31.6 Å². The maximum absolute atomic E-state index is 12.2. The molecule has 0 atom stereocenters. The van der Waals surface area contributed by atoms with Gasteiger partial charge in [-0.1, -0.05) is 38.1 Å². The summed E-state index contributed by atoms with van der Waals surface area (Å²) >= 11 is 0. The van der Waals surface area contributed by atoms with Gasteiger partial charge in [-0.25, -0.2) is 13.6 Å². The first-order chi connectivity index (χ1) is 12.2. The van der Waals surface area contributed by atoms with E-state index in [9.17, 15) is 13.2 Å². The van der Waals surface area contributed by atoms with E-state index in [1.807, 2.05) is 24.3 Å². The van der Waals surface area contributed by atoms with Crippen LogP contribution in [-0.4, -0.2) is 21.4 Å². The summed E-state index contributed by atoms with van der Waals surface area (Å²) in [6.45, 7) is 4.32. The summed E-state index contributed by atoms with van der Waals surface area (Å²) in [5.74, 6) is 0.464. The minimum absolute atomic E-state index is 0.131. The fourth-order valence-corrected chi connectivity index (χ4v) is 3.36. The van der Waals surface area contributed by atoms with Gasteiger partial charge in [0, 0.05) is 5.69 Å². The SMILES string of the molecule is COc1ccc(NC(=O)Cc2ccc(CC(C)C)cc2)cc1S(N)(=O)=O. The number of carbonyl (C=O) groups is 1. The highest BCUT2D eigenvalue weighted by Crippen LogP contribution is 2.26. The van der Waals surface area contributed by atoms with E-state index in [4.69, 9.17) is 9.88 Å². The molecule has 1 amide bonds. The van der Waals surface area contributed by atoms with Crippen LogP contribution >= 0.6 is 0 Å². The van der Waals surface area contributed by atoms with Gasteiger partial charge in [0.25, 0.3) is 0 Å². The Balaban J connectivity index is 2.08. The highest BCUT2D eigenvalue weighted by Gasteiger charge is 2.16. The van der Waals surface area contributed by atoms with E-state index >= 15 is 0 Å². The third-order valence-electron chi connectivity index (χ3n) is 3.79. The zero-order valence-corrected chi connectivity index (χ0v) is 16.0. The van der Waals surface area contributed by atoms with Crippen LogP contribution in [0.4, 0.5) is 5.69 Å². The number of carbonyl (C=O) groups excluding carboxylic acids is 1. The molecule has 0 aliphatic heterocycles. The molecule has 26 heavy (non-hydrogen) atoms. The molecule has 0 spiro atoms. The van der Waals surface area contributed by atoms with E-state index in [1.54, 1.807) is 6.07 Å². The summed E-state index contributed by atoms with van der Waals surface area (Å²) in [6.07, 6.45) is 1.19. The average Bonchev–Trinajstić information content (AvgIpc) is 2.55. The van der Waals surface area contributed by atoms with Crippen molar-refractivity contribution in [1.82, 2.24) is 0 Å². The second kappa shape index (κ2) is 8.33. The smallest absolute Gasteiger partial charge is 0.241 e. The van der Waals surface area contributed by atoms with Crippen molar-refractivity contribution in [2.24, 2.45) is 11.1 Å². The molecule has 0 fully saturated rings. The van der Waals surface area contributed by atoms with Crippen LogP contribution in [-0.2, 0) is 27.7 Å². The van der Waals surface area contributed by atoms with Gasteiger partial charge < -0.3 is 10.1 Å². The quantitative estimate of drug-likeness (QED) is 0.776. The van der Waals surface area contributed by atoms with Crippen LogP contribution in [0.2, 0.25) is 0 Å². The highest BCUT2D eigenvalue weighted by molar-refractivity contribution is 7.89. The van der Waals surface area contributed by atoms with Crippen molar-refractivity contribution in [3.63, 3.8) is 0 Å². The highest BCUT2D eigenvalue weighted by atomic mass is 32.2. The zero-order valence-electron chi connectivity index (χ0n) is 15.2. The number of primary sulfonamides is 1. The number of anilines is 1. The largest absolute Gasteiger partial charge is 0.495 e. The predicted octanol–water partition coefficient (Wildman–Crippen LogP) is 2.72. The first-order valence-corrected chi connectivity index (χ1v) is 9.82. The summed E-state index contributed by atoms with van der Waals surface area (Å²) in [4.78, 5) is 12.1. The number of hydrogen-bond donors (Lipinski definition) is 2. The van der Waals surface area contributed by atoms with Crippen molar-refractivity contribution in [3.8, 4) is 5.75 Å². The van der Waals surface area contributed by atoms with Crippen LogP contribution in [0.5, 0.6) is 5.75 Å². The van der Waals surface area contributed by atoms with Gasteiger partial charge in [0.2, 0.25) is 15.9 Å². The summed E-state index contributed by atoms with van der Waals surface area (Å²) in [7, 11) is -2.60. The molecule has 2 aromatic carbocycles. The van der Waals surface area contributed by atoms with Crippen LogP contribution in [0, 0.1) is 5.92 Å². The molecule has 0 bridgehead atoms. The second-order valence-corrected chi connectivity index (χ2v) is 8.08. The van der Waals surface area contributed by atoms with E-state index in [0.717, 1.165) is 12.0 Å². The molecule has 0 saturated heterocycles. The number of amides is 1. The van der Waals surface area contributed by atoms with Crippen molar-refractivity contribution in [1.29, 1.82) is 0 Å². The summed E-state index contributed by atoms with van der Waals surface area (Å²) in [5.41, 5.74) is 2.46.